The molecule has 2 aromatic heterocycles. The van der Waals surface area contributed by atoms with Crippen molar-refractivity contribution < 1.29 is 18.4 Å². The van der Waals surface area contributed by atoms with Crippen LogP contribution in [0.15, 0.2) is 51.3 Å². The summed E-state index contributed by atoms with van der Waals surface area (Å²) in [6, 6.07) is 12.1. The van der Waals surface area contributed by atoms with E-state index in [0.717, 1.165) is 59.2 Å². The molecular weight excluding hydrogens is 448 g/mol. The highest BCUT2D eigenvalue weighted by Gasteiger charge is 2.45. The number of benzene rings is 1. The Bertz CT molecular complexity index is 1140. The van der Waals surface area contributed by atoms with Crippen LogP contribution in [0, 0.1) is 6.92 Å². The Morgan fingerprint density at radius 2 is 1.94 bits per heavy atom. The van der Waals surface area contributed by atoms with E-state index >= 15 is 0 Å². The second-order valence-electron chi connectivity index (χ2n) is 8.73. The molecule has 0 N–H and O–H groups in total. The predicted molar refractivity (Wildman–Crippen MR) is 137 cm³/mol. The van der Waals surface area contributed by atoms with E-state index in [9.17, 15) is 4.79 Å². The average molecular weight is 481 g/mol. The molecular formula is C27H32N2O4S. The molecule has 1 saturated carbocycles. The molecule has 3 aromatic rings. The number of hydrogen-bond acceptors (Lipinski definition) is 7. The summed E-state index contributed by atoms with van der Waals surface area (Å²) in [6.45, 7) is 4.22. The topological polar surface area (TPSA) is 68.7 Å². The van der Waals surface area contributed by atoms with Crippen LogP contribution in [0.25, 0.3) is 17.5 Å². The number of furan rings is 1. The van der Waals surface area contributed by atoms with E-state index in [1.54, 1.807) is 11.8 Å². The van der Waals surface area contributed by atoms with Gasteiger partial charge in [-0.1, -0.05) is 6.08 Å². The second kappa shape index (κ2) is 10.6. The van der Waals surface area contributed by atoms with Gasteiger partial charge in [0.1, 0.15) is 22.0 Å². The minimum absolute atomic E-state index is 0.0732. The van der Waals surface area contributed by atoms with E-state index in [0.29, 0.717) is 18.9 Å². The van der Waals surface area contributed by atoms with Crippen LogP contribution in [-0.4, -0.2) is 42.2 Å². The zero-order chi connectivity index (χ0) is 24.1. The Morgan fingerprint density at radius 3 is 2.59 bits per heavy atom. The number of nitrogens with zero attached hydrogens (tertiary/aromatic N) is 2. The van der Waals surface area contributed by atoms with Crippen LogP contribution in [0.3, 0.4) is 0 Å². The van der Waals surface area contributed by atoms with E-state index in [4.69, 9.17) is 18.6 Å². The largest absolute Gasteiger partial charge is 0.465 e. The highest BCUT2D eigenvalue weighted by Crippen LogP contribution is 2.45. The van der Waals surface area contributed by atoms with Crippen LogP contribution in [0.5, 0.6) is 0 Å². The van der Waals surface area contributed by atoms with Gasteiger partial charge in [0.15, 0.2) is 0 Å². The Labute approximate surface area is 205 Å². The van der Waals surface area contributed by atoms with Gasteiger partial charge in [0.05, 0.1) is 18.7 Å². The summed E-state index contributed by atoms with van der Waals surface area (Å²) in [5.41, 5.74) is 2.95. The average Bonchev–Trinajstić information content (AvgIpc) is 3.39. The van der Waals surface area contributed by atoms with Crippen molar-refractivity contribution in [3.8, 4) is 11.5 Å². The zero-order valence-corrected chi connectivity index (χ0v) is 21.1. The molecule has 0 unspecified atom stereocenters. The molecule has 0 radical (unpaired) electrons. The summed E-state index contributed by atoms with van der Waals surface area (Å²) in [7, 11) is 4.03. The first-order valence-corrected chi connectivity index (χ1v) is 12.7. The van der Waals surface area contributed by atoms with Crippen molar-refractivity contribution in [2.45, 2.75) is 44.3 Å². The van der Waals surface area contributed by atoms with Crippen molar-refractivity contribution in [1.29, 1.82) is 0 Å². The van der Waals surface area contributed by atoms with Crippen LogP contribution < -0.4 is 4.90 Å². The third-order valence-corrected chi connectivity index (χ3v) is 7.58. The molecule has 0 saturated heterocycles. The summed E-state index contributed by atoms with van der Waals surface area (Å²) in [5, 5.41) is 0. The number of thioether (sulfide) groups is 1. The van der Waals surface area contributed by atoms with Crippen molar-refractivity contribution in [3.63, 3.8) is 0 Å². The number of hydrogen-bond donors (Lipinski definition) is 0. The third kappa shape index (κ3) is 5.41. The minimum Gasteiger partial charge on any atom is -0.465 e. The molecule has 0 aliphatic heterocycles. The van der Waals surface area contributed by atoms with Crippen LogP contribution in [0.1, 0.15) is 49.2 Å². The van der Waals surface area contributed by atoms with Crippen molar-refractivity contribution in [2.75, 3.05) is 31.4 Å². The van der Waals surface area contributed by atoms with E-state index in [-0.39, 0.29) is 10.7 Å². The molecule has 1 aliphatic carbocycles. The quantitative estimate of drug-likeness (QED) is 0.323. The number of anilines is 1. The van der Waals surface area contributed by atoms with Gasteiger partial charge in [0.25, 0.3) is 0 Å². The highest BCUT2D eigenvalue weighted by molar-refractivity contribution is 8.01. The number of aryl methyl sites for hydroxylation is 1. The van der Waals surface area contributed by atoms with E-state index in [1.165, 1.54) is 0 Å². The molecule has 7 heteroatoms. The molecule has 4 rings (SSSR count). The fraction of sp³-hybridized carbons (Fsp3) is 0.407. The fourth-order valence-electron chi connectivity index (χ4n) is 3.90. The summed E-state index contributed by atoms with van der Waals surface area (Å²) in [6.07, 6.45) is 7.45. The van der Waals surface area contributed by atoms with Gasteiger partial charge in [-0.15, -0.1) is 11.8 Å². The normalized spacial score (nSPS) is 14.8. The molecule has 0 amide bonds. The maximum absolute atomic E-state index is 12.2. The van der Waals surface area contributed by atoms with E-state index < -0.39 is 0 Å². The summed E-state index contributed by atoms with van der Waals surface area (Å²) in [5.74, 6) is 3.70. The van der Waals surface area contributed by atoms with Crippen LogP contribution in [0.2, 0.25) is 0 Å². The summed E-state index contributed by atoms with van der Waals surface area (Å²) in [4.78, 5) is 19.0. The van der Waals surface area contributed by atoms with Crippen molar-refractivity contribution in [3.05, 3.63) is 65.4 Å². The molecule has 6 nitrogen and oxygen atoms in total. The van der Waals surface area contributed by atoms with Crippen LogP contribution in [-0.2, 0) is 16.0 Å². The smallest absolute Gasteiger partial charge is 0.322 e. The Morgan fingerprint density at radius 1 is 1.18 bits per heavy atom. The first-order valence-electron chi connectivity index (χ1n) is 11.7. The van der Waals surface area contributed by atoms with Gasteiger partial charge in [-0.05, 0) is 75.6 Å². The number of carbonyl (C=O) groups excluding carboxylic acids is 1. The zero-order valence-electron chi connectivity index (χ0n) is 20.3. The van der Waals surface area contributed by atoms with Crippen molar-refractivity contribution in [2.24, 2.45) is 0 Å². The Kier molecular flexibility index (Phi) is 7.51. The number of carbonyl (C=O) groups is 1. The van der Waals surface area contributed by atoms with Gasteiger partial charge < -0.3 is 18.5 Å². The second-order valence-corrected chi connectivity index (χ2v) is 10.1. The molecule has 0 spiro atoms. The summed E-state index contributed by atoms with van der Waals surface area (Å²) >= 11 is 1.66. The number of esters is 1. The molecule has 2 heterocycles. The van der Waals surface area contributed by atoms with Gasteiger partial charge in [-0.2, -0.15) is 0 Å². The SMILES string of the molecule is CCOC(=O)C1(SC/C=C/c2ccc(Cc3nc(-c4ccc(N(C)C)cc4)oc3C)o2)CCC1. The minimum atomic E-state index is -0.357. The molecule has 1 aromatic carbocycles. The van der Waals surface area contributed by atoms with Gasteiger partial charge in [0.2, 0.25) is 5.89 Å². The van der Waals surface area contributed by atoms with Crippen LogP contribution in [0.4, 0.5) is 5.69 Å². The lowest BCUT2D eigenvalue weighted by atomic mass is 9.84. The predicted octanol–water partition coefficient (Wildman–Crippen LogP) is 6.13. The fourth-order valence-corrected chi connectivity index (χ4v) is 5.17. The third-order valence-electron chi connectivity index (χ3n) is 6.09. The number of rotatable bonds is 10. The van der Waals surface area contributed by atoms with Crippen molar-refractivity contribution >= 4 is 29.5 Å². The molecule has 180 valence electrons. The van der Waals surface area contributed by atoms with Gasteiger partial charge in [0, 0.05) is 31.1 Å². The van der Waals surface area contributed by atoms with E-state index in [1.807, 2.05) is 64.4 Å². The number of ether oxygens (including phenoxy) is 1. The lowest BCUT2D eigenvalue weighted by molar-refractivity contribution is -0.148. The highest BCUT2D eigenvalue weighted by atomic mass is 32.2. The lowest BCUT2D eigenvalue weighted by Crippen LogP contribution is -2.43. The lowest BCUT2D eigenvalue weighted by Gasteiger charge is -2.38. The van der Waals surface area contributed by atoms with Crippen molar-refractivity contribution in [1.82, 2.24) is 4.98 Å². The maximum Gasteiger partial charge on any atom is 0.322 e. The first-order chi connectivity index (χ1) is 16.4. The first kappa shape index (κ1) is 24.2. The van der Waals surface area contributed by atoms with Gasteiger partial charge in [-0.25, -0.2) is 4.98 Å². The molecule has 1 fully saturated rings. The Hall–Kier alpha value is -2.93. The van der Waals surface area contributed by atoms with Crippen LogP contribution >= 0.6 is 11.8 Å². The molecule has 0 bridgehead atoms. The molecule has 34 heavy (non-hydrogen) atoms. The van der Waals surface area contributed by atoms with E-state index in [2.05, 4.69) is 17.0 Å². The standard InChI is InChI=1S/C27H32N2O4S/c1-5-31-26(30)27(15-7-16-27)34-17-6-8-22-13-14-23(33-22)18-24-19(2)32-25(28-24)20-9-11-21(12-10-20)29(3)4/h6,8-14H,5,7,15-18H2,1-4H3/b8-6+. The summed E-state index contributed by atoms with van der Waals surface area (Å²) < 4.78 is 16.8. The Balaban J connectivity index is 1.34. The molecule has 0 atom stereocenters. The number of oxazole rings is 1. The van der Waals surface area contributed by atoms with Gasteiger partial charge in [-0.3, -0.25) is 4.79 Å². The monoisotopic (exact) mass is 480 g/mol. The van der Waals surface area contributed by atoms with Gasteiger partial charge >= 0.3 is 5.97 Å². The molecule has 1 aliphatic rings. The maximum atomic E-state index is 12.2. The number of aromatic nitrogens is 1.